The monoisotopic (exact) mass is 561 g/mol. The van der Waals surface area contributed by atoms with Crippen molar-refractivity contribution >= 4 is 15.7 Å². The van der Waals surface area contributed by atoms with Crippen molar-refractivity contribution in [1.82, 2.24) is 10.3 Å². The van der Waals surface area contributed by atoms with E-state index in [0.29, 0.717) is 31.0 Å². The van der Waals surface area contributed by atoms with Crippen LogP contribution in [0.4, 0.5) is 26.3 Å². The number of nitrogens with zero attached hydrogens (tertiary/aromatic N) is 2. The minimum Gasteiger partial charge on any atom is -0.381 e. The van der Waals surface area contributed by atoms with Crippen LogP contribution in [0, 0.1) is 17.2 Å². The number of rotatable bonds is 6. The molecule has 1 aromatic carbocycles. The zero-order valence-electron chi connectivity index (χ0n) is 19.7. The summed E-state index contributed by atoms with van der Waals surface area (Å²) in [6.45, 7) is 0. The van der Waals surface area contributed by atoms with Crippen molar-refractivity contribution < 1.29 is 44.3 Å². The summed E-state index contributed by atoms with van der Waals surface area (Å²) in [5.74, 6) is -1.62. The summed E-state index contributed by atoms with van der Waals surface area (Å²) in [6.07, 6.45) is -9.81. The molecule has 2 fully saturated rings. The van der Waals surface area contributed by atoms with Crippen LogP contribution in [0.15, 0.2) is 41.4 Å². The van der Waals surface area contributed by atoms with E-state index < -0.39 is 67.1 Å². The van der Waals surface area contributed by atoms with E-state index in [4.69, 9.17) is 4.74 Å². The molecule has 1 amide bonds. The summed E-state index contributed by atoms with van der Waals surface area (Å²) in [6, 6.07) is 5.82. The highest BCUT2D eigenvalue weighted by atomic mass is 32.2. The predicted molar refractivity (Wildman–Crippen MR) is 120 cm³/mol. The maximum atomic E-state index is 14.0. The Kier molecular flexibility index (Phi) is 6.98. The fourth-order valence-corrected chi connectivity index (χ4v) is 6.59. The number of pyridine rings is 1. The van der Waals surface area contributed by atoms with E-state index in [1.807, 2.05) is 6.07 Å². The maximum absolute atomic E-state index is 14.0. The molecule has 2 aromatic rings. The first-order valence-corrected chi connectivity index (χ1v) is 12.9. The second-order valence-corrected chi connectivity index (χ2v) is 11.5. The number of aromatic nitrogens is 1. The van der Waals surface area contributed by atoms with Crippen LogP contribution >= 0.6 is 0 Å². The number of carbonyl (C=O) groups is 1. The number of hydrogen-bond donors (Lipinski definition) is 1. The van der Waals surface area contributed by atoms with E-state index in [9.17, 15) is 44.8 Å². The third-order valence-electron chi connectivity index (χ3n) is 6.84. The summed E-state index contributed by atoms with van der Waals surface area (Å²) in [7, 11) is -3.42. The normalized spacial score (nSPS) is 23.1. The lowest BCUT2D eigenvalue weighted by Crippen LogP contribution is -2.42. The van der Waals surface area contributed by atoms with Gasteiger partial charge in [-0.05, 0) is 61.1 Å². The van der Waals surface area contributed by atoms with Gasteiger partial charge < -0.3 is 10.1 Å². The molecule has 0 radical (unpaired) electrons. The number of nitriles is 1. The Bertz CT molecular complexity index is 1400. The topological polar surface area (TPSA) is 109 Å². The largest absolute Gasteiger partial charge is 0.433 e. The van der Waals surface area contributed by atoms with E-state index in [-0.39, 0.29) is 24.0 Å². The summed E-state index contributed by atoms with van der Waals surface area (Å²) in [5.41, 5.74) is -4.39. The molecular weight excluding hydrogens is 540 g/mol. The van der Waals surface area contributed by atoms with E-state index in [0.717, 1.165) is 18.3 Å². The van der Waals surface area contributed by atoms with Gasteiger partial charge >= 0.3 is 12.4 Å². The quantitative estimate of drug-likeness (QED) is 0.520. The average molecular weight is 562 g/mol. The first-order chi connectivity index (χ1) is 17.6. The van der Waals surface area contributed by atoms with Gasteiger partial charge in [0.2, 0.25) is 5.91 Å². The van der Waals surface area contributed by atoms with E-state index >= 15 is 0 Å². The van der Waals surface area contributed by atoms with Crippen molar-refractivity contribution in [1.29, 1.82) is 5.26 Å². The molecule has 1 N–H and O–H groups in total. The third-order valence-corrected chi connectivity index (χ3v) is 9.07. The number of alkyl halides is 6. The standard InChI is InChI=1S/C24H21F6N3O4S/c1-37-18-11-15(10-16(18)21(34)33-22(12-31)5-6-22)38(35,36)19-3-2-13(8-17(19)23(25,26)27)14-4-7-32-20(9-14)24(28,29)30/h2-4,7-9,15-16,18H,5-6,10-11H2,1H3,(H,33,34)/t15-,16-,18-/m0/s1. The van der Waals surface area contributed by atoms with Crippen LogP contribution in [0.5, 0.6) is 0 Å². The van der Waals surface area contributed by atoms with Gasteiger partial charge in [0.15, 0.2) is 9.84 Å². The molecule has 4 rings (SSSR count). The van der Waals surface area contributed by atoms with Crippen LogP contribution in [0.25, 0.3) is 11.1 Å². The van der Waals surface area contributed by atoms with Gasteiger partial charge in [-0.15, -0.1) is 0 Å². The molecule has 2 aliphatic rings. The van der Waals surface area contributed by atoms with Gasteiger partial charge in [0.1, 0.15) is 11.2 Å². The fraction of sp³-hybridized carbons (Fsp3) is 0.458. The second-order valence-electron chi connectivity index (χ2n) is 9.34. The van der Waals surface area contributed by atoms with E-state index in [1.165, 1.54) is 7.11 Å². The Hall–Kier alpha value is -3.18. The number of benzene rings is 1. The Morgan fingerprint density at radius 1 is 1.08 bits per heavy atom. The van der Waals surface area contributed by atoms with Crippen molar-refractivity contribution in [3.05, 3.63) is 47.8 Å². The number of amides is 1. The number of nitrogens with one attached hydrogen (secondary N) is 1. The number of carbonyl (C=O) groups excluding carboxylic acids is 1. The van der Waals surface area contributed by atoms with Crippen LogP contribution in [-0.2, 0) is 31.7 Å². The molecule has 0 spiro atoms. The first kappa shape index (κ1) is 27.8. The Balaban J connectivity index is 1.68. The number of ether oxygens (including phenoxy) is 1. The molecule has 204 valence electrons. The van der Waals surface area contributed by atoms with E-state index in [2.05, 4.69) is 10.3 Å². The Morgan fingerprint density at radius 3 is 2.29 bits per heavy atom. The first-order valence-electron chi connectivity index (χ1n) is 11.4. The van der Waals surface area contributed by atoms with Crippen LogP contribution in [0.1, 0.15) is 36.9 Å². The molecule has 1 aromatic heterocycles. The van der Waals surface area contributed by atoms with Crippen molar-refractivity contribution in [3.8, 4) is 17.2 Å². The number of halogens is 6. The molecule has 7 nitrogen and oxygen atoms in total. The lowest BCUT2D eigenvalue weighted by molar-refractivity contribution is -0.141. The van der Waals surface area contributed by atoms with E-state index in [1.54, 1.807) is 0 Å². The zero-order chi connectivity index (χ0) is 28.1. The molecule has 0 bridgehead atoms. The molecule has 14 heteroatoms. The highest BCUT2D eigenvalue weighted by Crippen LogP contribution is 2.43. The minimum absolute atomic E-state index is 0.231. The van der Waals surface area contributed by atoms with Gasteiger partial charge in [-0.2, -0.15) is 31.6 Å². The van der Waals surface area contributed by atoms with Crippen LogP contribution < -0.4 is 5.32 Å². The highest BCUT2D eigenvalue weighted by Gasteiger charge is 2.51. The van der Waals surface area contributed by atoms with Gasteiger partial charge in [-0.3, -0.25) is 9.78 Å². The van der Waals surface area contributed by atoms with Gasteiger partial charge in [-0.1, -0.05) is 6.07 Å². The number of sulfone groups is 1. The van der Waals surface area contributed by atoms with Crippen molar-refractivity contribution in [2.75, 3.05) is 7.11 Å². The molecular formula is C24H21F6N3O4S. The zero-order valence-corrected chi connectivity index (χ0v) is 20.5. The minimum atomic E-state index is -5.15. The molecule has 3 atom stereocenters. The Morgan fingerprint density at radius 2 is 1.74 bits per heavy atom. The summed E-state index contributed by atoms with van der Waals surface area (Å²) in [4.78, 5) is 14.9. The molecule has 0 saturated heterocycles. The fourth-order valence-electron chi connectivity index (χ4n) is 4.59. The van der Waals surface area contributed by atoms with Crippen molar-refractivity contribution in [3.63, 3.8) is 0 Å². The number of hydrogen-bond acceptors (Lipinski definition) is 6. The molecule has 2 aliphatic carbocycles. The maximum Gasteiger partial charge on any atom is 0.433 e. The summed E-state index contributed by atoms with van der Waals surface area (Å²) >= 11 is 0. The molecule has 1 heterocycles. The second kappa shape index (κ2) is 9.53. The highest BCUT2D eigenvalue weighted by molar-refractivity contribution is 7.92. The predicted octanol–water partition coefficient (Wildman–Crippen LogP) is 4.53. The van der Waals surface area contributed by atoms with Gasteiger partial charge in [0, 0.05) is 13.3 Å². The van der Waals surface area contributed by atoms with Gasteiger partial charge in [0.25, 0.3) is 0 Å². The van der Waals surface area contributed by atoms with Crippen molar-refractivity contribution in [2.45, 2.75) is 59.8 Å². The number of methoxy groups -OCH3 is 1. The van der Waals surface area contributed by atoms with Crippen LogP contribution in [0.2, 0.25) is 0 Å². The van der Waals surface area contributed by atoms with Crippen LogP contribution in [-0.4, -0.2) is 43.3 Å². The average Bonchev–Trinajstić information content (AvgIpc) is 3.48. The lowest BCUT2D eigenvalue weighted by atomic mass is 10.0. The van der Waals surface area contributed by atoms with Crippen molar-refractivity contribution in [2.24, 2.45) is 5.92 Å². The van der Waals surface area contributed by atoms with Gasteiger partial charge in [-0.25, -0.2) is 8.42 Å². The lowest BCUT2D eigenvalue weighted by Gasteiger charge is -2.19. The van der Waals surface area contributed by atoms with Crippen LogP contribution in [0.3, 0.4) is 0 Å². The third kappa shape index (κ3) is 5.35. The smallest absolute Gasteiger partial charge is 0.381 e. The molecule has 0 aliphatic heterocycles. The summed E-state index contributed by atoms with van der Waals surface area (Å²) < 4.78 is 113. The molecule has 0 unspecified atom stereocenters. The summed E-state index contributed by atoms with van der Waals surface area (Å²) in [5, 5.41) is 10.4. The molecule has 38 heavy (non-hydrogen) atoms. The SMILES string of the molecule is CO[C@H]1C[C@@H](S(=O)(=O)c2ccc(-c3ccnc(C(F)(F)F)c3)cc2C(F)(F)F)C[C@@H]1C(=O)NC1(C#N)CC1. The Labute approximate surface area is 213 Å². The molecule has 2 saturated carbocycles. The van der Waals surface area contributed by atoms with Gasteiger partial charge in [0.05, 0.1) is 33.8 Å².